The van der Waals surface area contributed by atoms with Crippen molar-refractivity contribution in [2.45, 2.75) is 31.7 Å². The van der Waals surface area contributed by atoms with Gasteiger partial charge in [0.15, 0.2) is 0 Å². The van der Waals surface area contributed by atoms with E-state index in [9.17, 15) is 10.2 Å². The first-order valence-corrected chi connectivity index (χ1v) is 5.45. The molecule has 0 aromatic rings. The van der Waals surface area contributed by atoms with Gasteiger partial charge in [-0.15, -0.1) is 0 Å². The summed E-state index contributed by atoms with van der Waals surface area (Å²) < 4.78 is 10.5. The summed E-state index contributed by atoms with van der Waals surface area (Å²) in [5, 5.41) is 19.1. The number of allylic oxidation sites excluding steroid dienone is 1. The maximum atomic E-state index is 9.64. The maximum absolute atomic E-state index is 9.64. The summed E-state index contributed by atoms with van der Waals surface area (Å²) in [5.74, 6) is 0. The molecule has 2 N–H and O–H groups in total. The average molecular weight is 242 g/mol. The van der Waals surface area contributed by atoms with Gasteiger partial charge in [0.1, 0.15) is 18.8 Å². The van der Waals surface area contributed by atoms with Crippen molar-refractivity contribution in [3.63, 3.8) is 0 Å². The van der Waals surface area contributed by atoms with Crippen molar-refractivity contribution >= 4 is 12.7 Å². The van der Waals surface area contributed by atoms with E-state index in [1.807, 2.05) is 6.92 Å². The van der Waals surface area contributed by atoms with E-state index >= 15 is 0 Å². The molecule has 0 bridgehead atoms. The van der Waals surface area contributed by atoms with E-state index < -0.39 is 18.3 Å². The first kappa shape index (κ1) is 13.8. The number of hydrogen-bond acceptors (Lipinski definition) is 5. The highest BCUT2D eigenvalue weighted by atomic mass is 16.6. The fraction of sp³-hybridized carbons (Fsp3) is 0.636. The first-order valence-electron chi connectivity index (χ1n) is 5.45. The van der Waals surface area contributed by atoms with Gasteiger partial charge in [0.2, 0.25) is 0 Å². The predicted molar refractivity (Wildman–Crippen MR) is 64.1 cm³/mol. The molecule has 0 aliphatic carbocycles. The van der Waals surface area contributed by atoms with Crippen molar-refractivity contribution in [3.8, 4) is 0 Å². The lowest BCUT2D eigenvalue weighted by Gasteiger charge is -2.31. The number of amidine groups is 1. The highest BCUT2D eigenvalue weighted by molar-refractivity contribution is 5.78. The average Bonchev–Trinajstić information content (AvgIpc) is 2.34. The minimum absolute atomic E-state index is 0.0770. The Kier molecular flexibility index (Phi) is 5.82. The summed E-state index contributed by atoms with van der Waals surface area (Å²) in [6.07, 6.45) is 1.39. The molecule has 0 aromatic heterocycles. The van der Waals surface area contributed by atoms with Crippen LogP contribution in [0.2, 0.25) is 0 Å². The van der Waals surface area contributed by atoms with E-state index in [0.29, 0.717) is 13.0 Å². The van der Waals surface area contributed by atoms with Crippen molar-refractivity contribution in [1.82, 2.24) is 0 Å². The summed E-state index contributed by atoms with van der Waals surface area (Å²) in [4.78, 5) is 7.46. The summed E-state index contributed by atoms with van der Waals surface area (Å²) >= 11 is 0. The Hall–Kier alpha value is -1.24. The highest BCUT2D eigenvalue weighted by Crippen LogP contribution is 2.15. The minimum Gasteiger partial charge on any atom is -0.461 e. The molecule has 3 atom stereocenters. The highest BCUT2D eigenvalue weighted by Gasteiger charge is 2.32. The van der Waals surface area contributed by atoms with Crippen LogP contribution < -0.4 is 0 Å². The number of aliphatic hydroxyl groups excluding tert-OH is 2. The first-order chi connectivity index (χ1) is 8.19. The molecule has 0 aromatic carbocycles. The van der Waals surface area contributed by atoms with Gasteiger partial charge < -0.3 is 19.7 Å². The summed E-state index contributed by atoms with van der Waals surface area (Å²) in [5.41, 5.74) is 0. The molecule has 1 rings (SSSR count). The van der Waals surface area contributed by atoms with Gasteiger partial charge in [-0.25, -0.2) is 9.98 Å². The van der Waals surface area contributed by atoms with Crippen molar-refractivity contribution < 1.29 is 19.7 Å². The van der Waals surface area contributed by atoms with E-state index in [4.69, 9.17) is 9.47 Å². The molecule has 17 heavy (non-hydrogen) atoms. The van der Waals surface area contributed by atoms with Crippen molar-refractivity contribution in [2.75, 3.05) is 13.2 Å². The van der Waals surface area contributed by atoms with Crippen molar-refractivity contribution in [3.05, 3.63) is 12.3 Å². The van der Waals surface area contributed by atoms with E-state index in [-0.39, 0.29) is 12.6 Å². The Labute approximate surface area is 100 Å². The minimum atomic E-state index is -0.948. The van der Waals surface area contributed by atoms with Gasteiger partial charge in [-0.05, 0) is 20.1 Å². The molecule has 6 nitrogen and oxygen atoms in total. The number of ether oxygens (including phenoxy) is 2. The van der Waals surface area contributed by atoms with Gasteiger partial charge in [0, 0.05) is 12.8 Å². The fourth-order valence-electron chi connectivity index (χ4n) is 1.42. The van der Waals surface area contributed by atoms with Gasteiger partial charge >= 0.3 is 6.02 Å². The number of aliphatic imine (C=N–C) groups is 2. The van der Waals surface area contributed by atoms with Crippen LogP contribution in [0.3, 0.4) is 0 Å². The Morgan fingerprint density at radius 2 is 2.35 bits per heavy atom. The quantitative estimate of drug-likeness (QED) is 0.543. The van der Waals surface area contributed by atoms with Gasteiger partial charge in [-0.1, -0.05) is 6.08 Å². The Balaban J connectivity index is 2.45. The molecule has 1 heterocycles. The Morgan fingerprint density at radius 1 is 1.59 bits per heavy atom. The van der Waals surface area contributed by atoms with Gasteiger partial charge in [0.05, 0.1) is 6.10 Å². The van der Waals surface area contributed by atoms with Gasteiger partial charge in [-0.3, -0.25) is 0 Å². The van der Waals surface area contributed by atoms with E-state index in [2.05, 4.69) is 16.7 Å². The third-order valence-corrected chi connectivity index (χ3v) is 2.37. The molecule has 0 saturated carbocycles. The van der Waals surface area contributed by atoms with Gasteiger partial charge in [-0.2, -0.15) is 0 Å². The second kappa shape index (κ2) is 7.16. The van der Waals surface area contributed by atoms with Crippen LogP contribution in [0.25, 0.3) is 0 Å². The zero-order valence-electron chi connectivity index (χ0n) is 9.82. The zero-order chi connectivity index (χ0) is 12.7. The number of nitrogens with zero attached hydrogens (tertiary/aromatic N) is 2. The van der Waals surface area contributed by atoms with Crippen molar-refractivity contribution in [2.24, 2.45) is 9.98 Å². The SMILES string of the molecule is C=NC(=N/C=C\C)OCC1OCCC(O)C1O. The molecule has 0 spiro atoms. The third-order valence-electron chi connectivity index (χ3n) is 2.37. The third kappa shape index (κ3) is 4.26. The van der Waals surface area contributed by atoms with Gasteiger partial charge in [0.25, 0.3) is 0 Å². The standard InChI is InChI=1S/C11H18N2O4/c1-3-5-13-11(12-2)17-7-9-10(15)8(14)4-6-16-9/h3,5,8-10,14-15H,2,4,6-7H2,1H3/b5-3-,13-11?. The largest absolute Gasteiger partial charge is 0.461 e. The zero-order valence-corrected chi connectivity index (χ0v) is 9.82. The lowest BCUT2D eigenvalue weighted by atomic mass is 10.0. The Morgan fingerprint density at radius 3 is 3.00 bits per heavy atom. The van der Waals surface area contributed by atoms with Crippen molar-refractivity contribution in [1.29, 1.82) is 0 Å². The second-order valence-electron chi connectivity index (χ2n) is 3.62. The molecule has 3 unspecified atom stereocenters. The van der Waals surface area contributed by atoms with Crippen LogP contribution in [-0.4, -0.2) is 54.5 Å². The van der Waals surface area contributed by atoms with E-state index in [0.717, 1.165) is 0 Å². The molecule has 1 saturated heterocycles. The molecule has 1 fully saturated rings. The molecule has 0 amide bonds. The van der Waals surface area contributed by atoms with Crippen LogP contribution in [0.4, 0.5) is 0 Å². The molecule has 96 valence electrons. The number of rotatable bonds is 3. The normalized spacial score (nSPS) is 30.5. The second-order valence-corrected chi connectivity index (χ2v) is 3.62. The number of aliphatic hydroxyl groups is 2. The monoisotopic (exact) mass is 242 g/mol. The van der Waals surface area contributed by atoms with Crippen LogP contribution in [0.5, 0.6) is 0 Å². The molecule has 1 aliphatic heterocycles. The summed E-state index contributed by atoms with van der Waals surface area (Å²) in [6, 6.07) is 0.110. The van der Waals surface area contributed by atoms with Crippen LogP contribution >= 0.6 is 0 Å². The van der Waals surface area contributed by atoms with Crippen LogP contribution in [0.1, 0.15) is 13.3 Å². The van der Waals surface area contributed by atoms with Crippen LogP contribution in [0, 0.1) is 0 Å². The molecule has 1 aliphatic rings. The lowest BCUT2D eigenvalue weighted by molar-refractivity contribution is -0.146. The summed E-state index contributed by atoms with van der Waals surface area (Å²) in [7, 11) is 0. The molecular weight excluding hydrogens is 224 g/mol. The lowest BCUT2D eigenvalue weighted by Crippen LogP contribution is -2.46. The smallest absolute Gasteiger partial charge is 0.315 e. The number of hydrogen-bond donors (Lipinski definition) is 2. The van der Waals surface area contributed by atoms with E-state index in [1.165, 1.54) is 6.20 Å². The summed E-state index contributed by atoms with van der Waals surface area (Å²) in [6.45, 7) is 5.61. The maximum Gasteiger partial charge on any atom is 0.315 e. The van der Waals surface area contributed by atoms with Crippen LogP contribution in [0.15, 0.2) is 22.3 Å². The topological polar surface area (TPSA) is 83.6 Å². The predicted octanol–water partition coefficient (Wildman–Crippen LogP) is 0.104. The molecule has 6 heteroatoms. The fourth-order valence-corrected chi connectivity index (χ4v) is 1.42. The van der Waals surface area contributed by atoms with Crippen LogP contribution in [-0.2, 0) is 9.47 Å². The Bertz CT molecular complexity index is 304. The molecular formula is C11H18N2O4. The molecule has 0 radical (unpaired) electrons. The van der Waals surface area contributed by atoms with E-state index in [1.54, 1.807) is 6.08 Å².